The van der Waals surface area contributed by atoms with E-state index < -0.39 is 0 Å². The van der Waals surface area contributed by atoms with Crippen LogP contribution in [0.1, 0.15) is 25.7 Å². The molecule has 0 amide bonds. The molecule has 0 radical (unpaired) electrons. The lowest BCUT2D eigenvalue weighted by Crippen LogP contribution is -2.28. The number of aliphatic hydroxyl groups is 1. The van der Waals surface area contributed by atoms with Gasteiger partial charge in [0.15, 0.2) is 0 Å². The fraction of sp³-hybridized carbons (Fsp3) is 1.00. The Morgan fingerprint density at radius 3 is 3.10 bits per heavy atom. The monoisotopic (exact) mass is 142 g/mol. The minimum atomic E-state index is 0.181. The Bertz CT molecular complexity index is 123. The van der Waals surface area contributed by atoms with Crippen LogP contribution in [0.25, 0.3) is 0 Å². The molecule has 1 aliphatic carbocycles. The van der Waals surface area contributed by atoms with Gasteiger partial charge in [0.2, 0.25) is 0 Å². The quantitative estimate of drug-likeness (QED) is 0.590. The van der Waals surface area contributed by atoms with Crippen LogP contribution in [0.5, 0.6) is 0 Å². The van der Waals surface area contributed by atoms with E-state index in [0.717, 1.165) is 13.0 Å². The summed E-state index contributed by atoms with van der Waals surface area (Å²) in [6, 6.07) is 0. The first-order chi connectivity index (χ1) is 4.87. The molecule has 1 aliphatic heterocycles. The van der Waals surface area contributed by atoms with E-state index in [2.05, 4.69) is 0 Å². The summed E-state index contributed by atoms with van der Waals surface area (Å²) in [4.78, 5) is 0. The molecule has 0 unspecified atom stereocenters. The molecule has 2 aliphatic rings. The lowest BCUT2D eigenvalue weighted by atomic mass is 9.84. The fourth-order valence-corrected chi connectivity index (χ4v) is 2.32. The Labute approximate surface area is 61.2 Å². The summed E-state index contributed by atoms with van der Waals surface area (Å²) in [6.45, 7) is 1.20. The molecule has 0 spiro atoms. The van der Waals surface area contributed by atoms with Gasteiger partial charge in [-0.15, -0.1) is 0 Å². The van der Waals surface area contributed by atoms with Gasteiger partial charge in [-0.1, -0.05) is 6.42 Å². The van der Waals surface area contributed by atoms with E-state index in [1.807, 2.05) is 0 Å². The van der Waals surface area contributed by atoms with Crippen molar-refractivity contribution in [2.45, 2.75) is 31.8 Å². The third-order valence-electron chi connectivity index (χ3n) is 3.06. The van der Waals surface area contributed by atoms with Crippen molar-refractivity contribution in [3.05, 3.63) is 0 Å². The van der Waals surface area contributed by atoms with Gasteiger partial charge >= 0.3 is 0 Å². The summed E-state index contributed by atoms with van der Waals surface area (Å²) in [7, 11) is 0. The van der Waals surface area contributed by atoms with Crippen LogP contribution in [0.3, 0.4) is 0 Å². The Morgan fingerprint density at radius 2 is 2.40 bits per heavy atom. The van der Waals surface area contributed by atoms with Crippen molar-refractivity contribution in [3.63, 3.8) is 0 Å². The van der Waals surface area contributed by atoms with Crippen LogP contribution >= 0.6 is 0 Å². The van der Waals surface area contributed by atoms with Gasteiger partial charge in [0, 0.05) is 12.0 Å². The zero-order valence-electron chi connectivity index (χ0n) is 6.18. The average Bonchev–Trinajstić information content (AvgIpc) is 2.42. The highest BCUT2D eigenvalue weighted by Gasteiger charge is 2.46. The summed E-state index contributed by atoms with van der Waals surface area (Å²) < 4.78 is 5.51. The fourth-order valence-electron chi connectivity index (χ4n) is 2.32. The lowest BCUT2D eigenvalue weighted by Gasteiger charge is -2.23. The molecule has 2 atom stereocenters. The number of aliphatic hydroxyl groups excluding tert-OH is 1. The summed E-state index contributed by atoms with van der Waals surface area (Å²) >= 11 is 0. The molecule has 1 heterocycles. The van der Waals surface area contributed by atoms with Gasteiger partial charge in [0.25, 0.3) is 0 Å². The average molecular weight is 142 g/mol. The Kier molecular flexibility index (Phi) is 1.46. The van der Waals surface area contributed by atoms with Crippen molar-refractivity contribution in [1.82, 2.24) is 0 Å². The van der Waals surface area contributed by atoms with Crippen molar-refractivity contribution >= 4 is 0 Å². The van der Waals surface area contributed by atoms with Crippen LogP contribution < -0.4 is 0 Å². The van der Waals surface area contributed by atoms with E-state index in [1.165, 1.54) is 19.3 Å². The maximum Gasteiger partial charge on any atom is 0.0654 e. The predicted molar refractivity (Wildman–Crippen MR) is 37.7 cm³/mol. The van der Waals surface area contributed by atoms with E-state index in [9.17, 15) is 0 Å². The molecule has 1 saturated carbocycles. The second-order valence-corrected chi connectivity index (χ2v) is 3.52. The SMILES string of the molecule is OC[C@]12CCC[C@@H]1OCC2. The van der Waals surface area contributed by atoms with Crippen LogP contribution in [0.4, 0.5) is 0 Å². The number of hydrogen-bond donors (Lipinski definition) is 1. The van der Waals surface area contributed by atoms with E-state index >= 15 is 0 Å². The molecule has 1 N–H and O–H groups in total. The maximum atomic E-state index is 9.15. The first-order valence-corrected chi connectivity index (χ1v) is 4.10. The molecule has 0 aromatic heterocycles. The first-order valence-electron chi connectivity index (χ1n) is 4.10. The number of fused-ring (bicyclic) bond motifs is 1. The van der Waals surface area contributed by atoms with Crippen molar-refractivity contribution in [1.29, 1.82) is 0 Å². The van der Waals surface area contributed by atoms with Gasteiger partial charge in [-0.3, -0.25) is 0 Å². The third-order valence-corrected chi connectivity index (χ3v) is 3.06. The lowest BCUT2D eigenvalue weighted by molar-refractivity contribution is 0.0380. The maximum absolute atomic E-state index is 9.15. The van der Waals surface area contributed by atoms with Crippen LogP contribution in [-0.4, -0.2) is 24.4 Å². The Balaban J connectivity index is 2.15. The standard InChI is InChI=1S/C8H14O2/c9-6-8-3-1-2-7(8)10-5-4-8/h7,9H,1-6H2/t7-,8+/m0/s1. The largest absolute Gasteiger partial charge is 0.396 e. The molecule has 58 valence electrons. The normalized spacial score (nSPS) is 45.9. The summed E-state index contributed by atoms with van der Waals surface area (Å²) in [6.07, 6.45) is 5.05. The molecule has 10 heavy (non-hydrogen) atoms. The number of ether oxygens (including phenoxy) is 1. The summed E-state index contributed by atoms with van der Waals surface area (Å²) in [5.74, 6) is 0. The van der Waals surface area contributed by atoms with E-state index in [4.69, 9.17) is 9.84 Å². The van der Waals surface area contributed by atoms with E-state index in [-0.39, 0.29) is 5.41 Å². The first kappa shape index (κ1) is 6.62. The highest BCUT2D eigenvalue weighted by Crippen LogP contribution is 2.46. The number of rotatable bonds is 1. The third kappa shape index (κ3) is 0.722. The van der Waals surface area contributed by atoms with Crippen LogP contribution in [-0.2, 0) is 4.74 Å². The molecular formula is C8H14O2. The van der Waals surface area contributed by atoms with Crippen molar-refractivity contribution < 1.29 is 9.84 Å². The zero-order chi connectivity index (χ0) is 7.03. The second kappa shape index (κ2) is 2.21. The molecular weight excluding hydrogens is 128 g/mol. The van der Waals surface area contributed by atoms with E-state index in [0.29, 0.717) is 12.7 Å². The minimum absolute atomic E-state index is 0.181. The van der Waals surface area contributed by atoms with Gasteiger partial charge in [-0.05, 0) is 19.3 Å². The van der Waals surface area contributed by atoms with Gasteiger partial charge in [-0.2, -0.15) is 0 Å². The van der Waals surface area contributed by atoms with Gasteiger partial charge < -0.3 is 9.84 Å². The molecule has 1 saturated heterocycles. The summed E-state index contributed by atoms with van der Waals surface area (Å²) in [5, 5.41) is 9.15. The van der Waals surface area contributed by atoms with Crippen LogP contribution in [0, 0.1) is 5.41 Å². The second-order valence-electron chi connectivity index (χ2n) is 3.52. The highest BCUT2D eigenvalue weighted by atomic mass is 16.5. The van der Waals surface area contributed by atoms with Gasteiger partial charge in [0.1, 0.15) is 0 Å². The molecule has 2 fully saturated rings. The smallest absolute Gasteiger partial charge is 0.0654 e. The molecule has 2 nitrogen and oxygen atoms in total. The van der Waals surface area contributed by atoms with Crippen molar-refractivity contribution in [2.75, 3.05) is 13.2 Å². The van der Waals surface area contributed by atoms with Gasteiger partial charge in [-0.25, -0.2) is 0 Å². The molecule has 0 aromatic rings. The van der Waals surface area contributed by atoms with Crippen LogP contribution in [0.2, 0.25) is 0 Å². The molecule has 0 aromatic carbocycles. The molecule has 0 bridgehead atoms. The minimum Gasteiger partial charge on any atom is -0.396 e. The molecule has 2 rings (SSSR count). The highest BCUT2D eigenvalue weighted by molar-refractivity contribution is 4.96. The topological polar surface area (TPSA) is 29.5 Å². The van der Waals surface area contributed by atoms with Crippen molar-refractivity contribution in [3.8, 4) is 0 Å². The Morgan fingerprint density at radius 1 is 1.50 bits per heavy atom. The predicted octanol–water partition coefficient (Wildman–Crippen LogP) is 0.938. The molecule has 2 heteroatoms. The van der Waals surface area contributed by atoms with E-state index in [1.54, 1.807) is 0 Å². The summed E-state index contributed by atoms with van der Waals surface area (Å²) in [5.41, 5.74) is 0.181. The Hall–Kier alpha value is -0.0800. The zero-order valence-corrected chi connectivity index (χ0v) is 6.18. The number of hydrogen-bond acceptors (Lipinski definition) is 2. The van der Waals surface area contributed by atoms with Crippen molar-refractivity contribution in [2.24, 2.45) is 5.41 Å². The van der Waals surface area contributed by atoms with Gasteiger partial charge in [0.05, 0.1) is 12.7 Å². The van der Waals surface area contributed by atoms with Crippen LogP contribution in [0.15, 0.2) is 0 Å².